The Labute approximate surface area is 147 Å². The molecule has 0 aliphatic heterocycles. The number of hydrogen-bond donors (Lipinski definition) is 2. The van der Waals surface area contributed by atoms with E-state index < -0.39 is 19.1 Å². The van der Waals surface area contributed by atoms with Gasteiger partial charge in [-0.05, 0) is 13.1 Å². The molecule has 0 atom stereocenters. The molecule has 148 valence electrons. The molecule has 0 saturated heterocycles. The van der Waals surface area contributed by atoms with Gasteiger partial charge in [-0.15, -0.1) is 13.2 Å². The van der Waals surface area contributed by atoms with Gasteiger partial charge in [-0.25, -0.2) is 0 Å². The number of guanidine groups is 1. The number of para-hydroxylation sites is 1. The second-order valence-electron chi connectivity index (χ2n) is 5.36. The summed E-state index contributed by atoms with van der Waals surface area (Å²) in [6, 6.07) is 5.61. The maximum absolute atomic E-state index is 12.4. The van der Waals surface area contributed by atoms with Crippen molar-refractivity contribution in [2.75, 3.05) is 33.7 Å². The Morgan fingerprint density at radius 1 is 1.12 bits per heavy atom. The number of nitrogens with zero attached hydrogens (tertiary/aromatic N) is 2. The summed E-state index contributed by atoms with van der Waals surface area (Å²) in [6.07, 6.45) is -9.09. The van der Waals surface area contributed by atoms with Crippen LogP contribution in [0.1, 0.15) is 5.56 Å². The summed E-state index contributed by atoms with van der Waals surface area (Å²) in [4.78, 5) is 4.96. The fourth-order valence-electron chi connectivity index (χ4n) is 2.02. The van der Waals surface area contributed by atoms with Crippen molar-refractivity contribution in [3.05, 3.63) is 29.8 Å². The maximum Gasteiger partial charge on any atom is 0.573 e. The van der Waals surface area contributed by atoms with Crippen LogP contribution in [0.25, 0.3) is 0 Å². The van der Waals surface area contributed by atoms with Crippen molar-refractivity contribution in [2.45, 2.75) is 19.1 Å². The number of nitrogens with one attached hydrogen (secondary N) is 2. The standard InChI is InChI=1S/C15H20F6N4O/c1-22-13(23-7-8-25(2)10-14(16,17)18)24-9-11-5-3-4-6-12(11)26-15(19,20)21/h3-6H,7-10H2,1-2H3,(H2,22,23,24). The Balaban J connectivity index is 2.50. The lowest BCUT2D eigenvalue weighted by molar-refractivity contribution is -0.274. The van der Waals surface area contributed by atoms with E-state index in [0.29, 0.717) is 0 Å². The molecule has 0 aliphatic carbocycles. The minimum atomic E-state index is -4.81. The summed E-state index contributed by atoms with van der Waals surface area (Å²) in [6.45, 7) is -0.770. The number of aliphatic imine (C=N–C) groups is 1. The molecular formula is C15H20F6N4O. The van der Waals surface area contributed by atoms with E-state index in [1.807, 2.05) is 0 Å². The molecule has 0 saturated carbocycles. The predicted molar refractivity (Wildman–Crippen MR) is 84.9 cm³/mol. The SMILES string of the molecule is CN=C(NCCN(C)CC(F)(F)F)NCc1ccccc1OC(F)(F)F. The van der Waals surface area contributed by atoms with Crippen LogP contribution in [0.5, 0.6) is 5.75 Å². The van der Waals surface area contributed by atoms with Crippen molar-refractivity contribution >= 4 is 5.96 Å². The lowest BCUT2D eigenvalue weighted by Gasteiger charge is -2.20. The average molecular weight is 386 g/mol. The third-order valence-electron chi connectivity index (χ3n) is 3.10. The molecule has 0 fully saturated rings. The topological polar surface area (TPSA) is 48.9 Å². The number of hydrogen-bond acceptors (Lipinski definition) is 3. The van der Waals surface area contributed by atoms with E-state index in [-0.39, 0.29) is 36.9 Å². The second kappa shape index (κ2) is 9.51. The van der Waals surface area contributed by atoms with E-state index in [1.165, 1.54) is 32.3 Å². The molecule has 1 aromatic rings. The van der Waals surface area contributed by atoms with Gasteiger partial charge in [0.15, 0.2) is 5.96 Å². The quantitative estimate of drug-likeness (QED) is 0.430. The molecule has 1 aromatic carbocycles. The highest BCUT2D eigenvalue weighted by molar-refractivity contribution is 5.79. The highest BCUT2D eigenvalue weighted by atomic mass is 19.4. The number of ether oxygens (including phenoxy) is 1. The van der Waals surface area contributed by atoms with Gasteiger partial charge in [-0.3, -0.25) is 9.89 Å². The van der Waals surface area contributed by atoms with E-state index in [4.69, 9.17) is 0 Å². The van der Waals surface area contributed by atoms with Gasteiger partial charge in [0, 0.05) is 32.2 Å². The zero-order valence-electron chi connectivity index (χ0n) is 14.2. The highest BCUT2D eigenvalue weighted by Crippen LogP contribution is 2.26. The smallest absolute Gasteiger partial charge is 0.405 e. The highest BCUT2D eigenvalue weighted by Gasteiger charge is 2.32. The van der Waals surface area contributed by atoms with Crippen molar-refractivity contribution in [2.24, 2.45) is 4.99 Å². The first-order valence-electron chi connectivity index (χ1n) is 7.53. The lowest BCUT2D eigenvalue weighted by Crippen LogP contribution is -2.42. The summed E-state index contributed by atoms with van der Waals surface area (Å²) in [5, 5.41) is 5.58. The Hall–Kier alpha value is -2.17. The van der Waals surface area contributed by atoms with Gasteiger partial charge < -0.3 is 15.4 Å². The first-order chi connectivity index (χ1) is 12.0. The molecule has 11 heteroatoms. The lowest BCUT2D eigenvalue weighted by atomic mass is 10.2. The molecular weight excluding hydrogens is 366 g/mol. The normalized spacial score (nSPS) is 13.0. The molecule has 26 heavy (non-hydrogen) atoms. The molecule has 0 aromatic heterocycles. The van der Waals surface area contributed by atoms with Crippen LogP contribution in [0.15, 0.2) is 29.3 Å². The number of rotatable bonds is 7. The monoisotopic (exact) mass is 386 g/mol. The summed E-state index contributed by atoms with van der Waals surface area (Å²) in [7, 11) is 2.77. The van der Waals surface area contributed by atoms with Crippen molar-refractivity contribution < 1.29 is 31.1 Å². The predicted octanol–water partition coefficient (Wildman–Crippen LogP) is 2.74. The third kappa shape index (κ3) is 9.35. The van der Waals surface area contributed by atoms with Crippen LogP contribution in [0.4, 0.5) is 26.3 Å². The molecule has 0 amide bonds. The molecule has 0 bridgehead atoms. The number of benzene rings is 1. The zero-order chi connectivity index (χ0) is 19.8. The molecule has 0 heterocycles. The maximum atomic E-state index is 12.4. The van der Waals surface area contributed by atoms with E-state index in [1.54, 1.807) is 6.07 Å². The van der Waals surface area contributed by atoms with Crippen LogP contribution in [0, 0.1) is 0 Å². The van der Waals surface area contributed by atoms with E-state index >= 15 is 0 Å². The van der Waals surface area contributed by atoms with Crippen LogP contribution < -0.4 is 15.4 Å². The first-order valence-corrected chi connectivity index (χ1v) is 7.53. The van der Waals surface area contributed by atoms with E-state index in [9.17, 15) is 26.3 Å². The third-order valence-corrected chi connectivity index (χ3v) is 3.10. The van der Waals surface area contributed by atoms with Gasteiger partial charge in [-0.1, -0.05) is 18.2 Å². The summed E-state index contributed by atoms with van der Waals surface area (Å²) < 4.78 is 77.8. The zero-order valence-corrected chi connectivity index (χ0v) is 14.2. The Bertz CT molecular complexity index is 588. The van der Waals surface area contributed by atoms with Gasteiger partial charge in [0.1, 0.15) is 5.75 Å². The van der Waals surface area contributed by atoms with Crippen molar-refractivity contribution in [3.8, 4) is 5.75 Å². The summed E-state index contributed by atoms with van der Waals surface area (Å²) in [5.41, 5.74) is 0.252. The van der Waals surface area contributed by atoms with E-state index in [0.717, 1.165) is 4.90 Å². The minimum Gasteiger partial charge on any atom is -0.405 e. The second-order valence-corrected chi connectivity index (χ2v) is 5.36. The summed E-state index contributed by atoms with van der Waals surface area (Å²) >= 11 is 0. The van der Waals surface area contributed by atoms with Crippen molar-refractivity contribution in [1.82, 2.24) is 15.5 Å². The molecule has 1 rings (SSSR count). The number of halogens is 6. The fraction of sp³-hybridized carbons (Fsp3) is 0.533. The van der Waals surface area contributed by atoms with Crippen LogP contribution in [-0.2, 0) is 6.54 Å². The van der Waals surface area contributed by atoms with Gasteiger partial charge in [0.2, 0.25) is 0 Å². The molecule has 5 nitrogen and oxygen atoms in total. The Morgan fingerprint density at radius 2 is 1.77 bits per heavy atom. The van der Waals surface area contributed by atoms with Crippen LogP contribution in [-0.4, -0.2) is 57.1 Å². The van der Waals surface area contributed by atoms with Crippen LogP contribution in [0.3, 0.4) is 0 Å². The Morgan fingerprint density at radius 3 is 2.35 bits per heavy atom. The molecule has 0 aliphatic rings. The van der Waals surface area contributed by atoms with Gasteiger partial charge in [0.25, 0.3) is 0 Å². The van der Waals surface area contributed by atoms with E-state index in [2.05, 4.69) is 20.4 Å². The number of likely N-dealkylation sites (N-methyl/N-ethyl adjacent to an activating group) is 1. The van der Waals surface area contributed by atoms with Gasteiger partial charge in [-0.2, -0.15) is 13.2 Å². The Kier molecular flexibility index (Phi) is 8.00. The van der Waals surface area contributed by atoms with Crippen molar-refractivity contribution in [1.29, 1.82) is 0 Å². The minimum absolute atomic E-state index is 0.00961. The van der Waals surface area contributed by atoms with Gasteiger partial charge >= 0.3 is 12.5 Å². The van der Waals surface area contributed by atoms with Crippen LogP contribution in [0.2, 0.25) is 0 Å². The molecule has 0 spiro atoms. The number of alkyl halides is 6. The van der Waals surface area contributed by atoms with Gasteiger partial charge in [0.05, 0.1) is 6.54 Å². The molecule has 0 radical (unpaired) electrons. The first kappa shape index (κ1) is 21.9. The fourth-order valence-corrected chi connectivity index (χ4v) is 2.02. The summed E-state index contributed by atoms with van der Waals surface area (Å²) in [5.74, 6) is -0.0971. The average Bonchev–Trinajstić information content (AvgIpc) is 2.48. The molecule has 2 N–H and O–H groups in total. The van der Waals surface area contributed by atoms with Crippen molar-refractivity contribution in [3.63, 3.8) is 0 Å². The van der Waals surface area contributed by atoms with Crippen LogP contribution >= 0.6 is 0 Å². The largest absolute Gasteiger partial charge is 0.573 e. The molecule has 0 unspecified atom stereocenters.